The van der Waals surface area contributed by atoms with Crippen LogP contribution in [0, 0.1) is 6.92 Å². The lowest BCUT2D eigenvalue weighted by Crippen LogP contribution is -2.55. The third-order valence-corrected chi connectivity index (χ3v) is 7.61. The molecule has 1 aromatic rings. The predicted octanol–water partition coefficient (Wildman–Crippen LogP) is 1.95. The fourth-order valence-electron chi connectivity index (χ4n) is 2.86. The second kappa shape index (κ2) is 8.26. The first-order valence-corrected chi connectivity index (χ1v) is 10.6. The van der Waals surface area contributed by atoms with Gasteiger partial charge in [-0.1, -0.05) is 17.7 Å². The monoisotopic (exact) mass is 403 g/mol. The molecule has 1 aliphatic rings. The average Bonchev–Trinajstić information content (AvgIpc) is 2.69. The minimum absolute atomic E-state index is 0.0157. The summed E-state index contributed by atoms with van der Waals surface area (Å²) in [6, 6.07) is 5.17. The lowest BCUT2D eigenvalue weighted by molar-refractivity contribution is -0.142. The first-order chi connectivity index (χ1) is 12.1. The summed E-state index contributed by atoms with van der Waals surface area (Å²) in [4.78, 5) is 12.1. The lowest BCUT2D eigenvalue weighted by atomic mass is 10.0. The zero-order valence-corrected chi connectivity index (χ0v) is 17.0. The van der Waals surface area contributed by atoms with Crippen molar-refractivity contribution in [2.75, 3.05) is 26.2 Å². The van der Waals surface area contributed by atoms with Crippen molar-refractivity contribution in [2.24, 2.45) is 0 Å². The van der Waals surface area contributed by atoms with Crippen molar-refractivity contribution in [1.29, 1.82) is 0 Å². The van der Waals surface area contributed by atoms with Gasteiger partial charge in [-0.3, -0.25) is 4.79 Å². The topological polar surface area (TPSA) is 93.1 Å². The predicted molar refractivity (Wildman–Crippen MR) is 99.8 cm³/mol. The number of aryl methyl sites for hydroxylation is 1. The van der Waals surface area contributed by atoms with Gasteiger partial charge in [-0.2, -0.15) is 16.1 Å². The SMILES string of the molecule is COCO[C@H]1CSC(C)(C)[C@H](C(=O)O)N(S(=O)(=O)c2ccc(C)cc2)C1. The Hall–Kier alpha value is -1.13. The molecule has 0 unspecified atom stereocenters. The summed E-state index contributed by atoms with van der Waals surface area (Å²) in [5, 5.41) is 9.80. The Labute approximate surface area is 158 Å². The maximum Gasteiger partial charge on any atom is 0.323 e. The van der Waals surface area contributed by atoms with Crippen LogP contribution in [0.15, 0.2) is 29.2 Å². The fraction of sp³-hybridized carbons (Fsp3) is 0.588. The highest BCUT2D eigenvalue weighted by atomic mass is 32.2. The minimum Gasteiger partial charge on any atom is -0.480 e. The number of carbonyl (C=O) groups is 1. The number of ether oxygens (including phenoxy) is 2. The van der Waals surface area contributed by atoms with Gasteiger partial charge in [0.15, 0.2) is 0 Å². The molecular formula is C17H25NO6S2. The van der Waals surface area contributed by atoms with Gasteiger partial charge >= 0.3 is 5.97 Å². The van der Waals surface area contributed by atoms with Crippen LogP contribution in [0.2, 0.25) is 0 Å². The molecule has 0 bridgehead atoms. The largest absolute Gasteiger partial charge is 0.480 e. The molecule has 7 nitrogen and oxygen atoms in total. The van der Waals surface area contributed by atoms with Gasteiger partial charge in [0, 0.05) is 24.2 Å². The molecule has 0 amide bonds. The van der Waals surface area contributed by atoms with Gasteiger partial charge in [-0.15, -0.1) is 0 Å². The van der Waals surface area contributed by atoms with Crippen molar-refractivity contribution in [1.82, 2.24) is 4.31 Å². The molecule has 1 fully saturated rings. The normalized spacial score (nSPS) is 24.2. The summed E-state index contributed by atoms with van der Waals surface area (Å²) in [5.41, 5.74) is 0.923. The van der Waals surface area contributed by atoms with Crippen LogP contribution in [0.3, 0.4) is 0 Å². The first-order valence-electron chi connectivity index (χ1n) is 8.15. The van der Waals surface area contributed by atoms with Crippen LogP contribution in [-0.2, 0) is 24.3 Å². The van der Waals surface area contributed by atoms with Gasteiger partial charge in [-0.05, 0) is 32.9 Å². The minimum atomic E-state index is -4.01. The van der Waals surface area contributed by atoms with E-state index < -0.39 is 32.9 Å². The molecule has 0 spiro atoms. The highest BCUT2D eigenvalue weighted by molar-refractivity contribution is 8.00. The Bertz CT molecular complexity index is 732. The Morgan fingerprint density at radius 3 is 2.50 bits per heavy atom. The standard InChI is InChI=1S/C17H25NO6S2/c1-12-5-7-14(8-6-12)26(21,22)18-9-13(24-11-23-4)10-25-17(2,3)15(18)16(19)20/h5-8,13,15H,9-11H2,1-4H3,(H,19,20)/t13-,15+/m1/s1. The van der Waals surface area contributed by atoms with Crippen LogP contribution in [0.1, 0.15) is 19.4 Å². The van der Waals surface area contributed by atoms with Crippen LogP contribution in [0.5, 0.6) is 0 Å². The van der Waals surface area contributed by atoms with E-state index in [-0.39, 0.29) is 18.2 Å². The molecule has 1 aliphatic heterocycles. The molecule has 0 radical (unpaired) electrons. The summed E-state index contributed by atoms with van der Waals surface area (Å²) < 4.78 is 37.2. The Kier molecular flexibility index (Phi) is 6.73. The summed E-state index contributed by atoms with van der Waals surface area (Å²) in [6.07, 6.45) is -0.469. The molecule has 2 atom stereocenters. The van der Waals surface area contributed by atoms with Gasteiger partial charge in [0.2, 0.25) is 10.0 Å². The molecule has 1 saturated heterocycles. The van der Waals surface area contributed by atoms with E-state index in [0.717, 1.165) is 9.87 Å². The summed E-state index contributed by atoms with van der Waals surface area (Å²) >= 11 is 1.39. The highest BCUT2D eigenvalue weighted by Gasteiger charge is 2.49. The molecule has 0 aromatic heterocycles. The second-order valence-electron chi connectivity index (χ2n) is 6.74. The number of carboxylic acids is 1. The summed E-state index contributed by atoms with van der Waals surface area (Å²) in [7, 11) is -2.53. The lowest BCUT2D eigenvalue weighted by Gasteiger charge is -2.35. The van der Waals surface area contributed by atoms with Crippen molar-refractivity contribution < 1.29 is 27.8 Å². The number of thioether (sulfide) groups is 1. The number of hydrogen-bond donors (Lipinski definition) is 1. The quantitative estimate of drug-likeness (QED) is 0.726. The Morgan fingerprint density at radius 2 is 1.96 bits per heavy atom. The van der Waals surface area contributed by atoms with Crippen molar-refractivity contribution in [3.05, 3.63) is 29.8 Å². The molecule has 1 aromatic carbocycles. The van der Waals surface area contributed by atoms with Crippen molar-refractivity contribution in [3.63, 3.8) is 0 Å². The third kappa shape index (κ3) is 4.58. The summed E-state index contributed by atoms with van der Waals surface area (Å²) in [6.45, 7) is 5.31. The van der Waals surface area contributed by atoms with E-state index in [4.69, 9.17) is 9.47 Å². The molecular weight excluding hydrogens is 378 g/mol. The highest BCUT2D eigenvalue weighted by Crippen LogP contribution is 2.38. The summed E-state index contributed by atoms with van der Waals surface area (Å²) in [5.74, 6) is -0.703. The third-order valence-electron chi connectivity index (χ3n) is 4.25. The molecule has 26 heavy (non-hydrogen) atoms. The zero-order chi connectivity index (χ0) is 19.5. The van der Waals surface area contributed by atoms with E-state index in [1.807, 2.05) is 6.92 Å². The van der Waals surface area contributed by atoms with Gasteiger partial charge in [0.25, 0.3) is 0 Å². The van der Waals surface area contributed by atoms with Gasteiger partial charge in [0.1, 0.15) is 12.8 Å². The van der Waals surface area contributed by atoms with Crippen LogP contribution < -0.4 is 0 Å². The Morgan fingerprint density at radius 1 is 1.35 bits per heavy atom. The van der Waals surface area contributed by atoms with Crippen LogP contribution in [0.4, 0.5) is 0 Å². The van der Waals surface area contributed by atoms with E-state index in [1.54, 1.807) is 26.0 Å². The number of sulfonamides is 1. The molecule has 146 valence electrons. The maximum absolute atomic E-state index is 13.2. The number of aliphatic carboxylic acids is 1. The number of benzene rings is 1. The number of hydrogen-bond acceptors (Lipinski definition) is 6. The number of nitrogens with zero attached hydrogens (tertiary/aromatic N) is 1. The van der Waals surface area contributed by atoms with Gasteiger partial charge < -0.3 is 14.6 Å². The number of rotatable bonds is 6. The molecule has 1 N–H and O–H groups in total. The Balaban J connectivity index is 2.49. The van der Waals surface area contributed by atoms with Crippen LogP contribution in [-0.4, -0.2) is 66.9 Å². The van der Waals surface area contributed by atoms with E-state index in [0.29, 0.717) is 5.75 Å². The smallest absolute Gasteiger partial charge is 0.323 e. The van der Waals surface area contributed by atoms with Gasteiger partial charge in [0.05, 0.1) is 11.0 Å². The average molecular weight is 404 g/mol. The molecule has 2 rings (SSSR count). The maximum atomic E-state index is 13.2. The van der Waals surface area contributed by atoms with Crippen LogP contribution in [0.25, 0.3) is 0 Å². The van der Waals surface area contributed by atoms with E-state index in [1.165, 1.54) is 31.0 Å². The van der Waals surface area contributed by atoms with E-state index in [9.17, 15) is 18.3 Å². The first kappa shape index (κ1) is 21.2. The zero-order valence-electron chi connectivity index (χ0n) is 15.3. The van der Waals surface area contributed by atoms with E-state index >= 15 is 0 Å². The molecule has 0 aliphatic carbocycles. The molecule has 0 saturated carbocycles. The van der Waals surface area contributed by atoms with Gasteiger partial charge in [-0.25, -0.2) is 8.42 Å². The van der Waals surface area contributed by atoms with E-state index in [2.05, 4.69) is 0 Å². The number of methoxy groups -OCH3 is 1. The number of carboxylic acid groups (broad SMARTS) is 1. The van der Waals surface area contributed by atoms with Crippen molar-refractivity contribution in [3.8, 4) is 0 Å². The second-order valence-corrected chi connectivity index (χ2v) is 10.3. The van der Waals surface area contributed by atoms with Crippen molar-refractivity contribution >= 4 is 27.8 Å². The molecule has 9 heteroatoms. The van der Waals surface area contributed by atoms with Crippen LogP contribution >= 0.6 is 11.8 Å². The van der Waals surface area contributed by atoms with Crippen molar-refractivity contribution in [2.45, 2.75) is 42.6 Å². The fourth-order valence-corrected chi connectivity index (χ4v) is 5.87. The molecule has 1 heterocycles.